The molecule has 0 fully saturated rings. The highest BCUT2D eigenvalue weighted by Crippen LogP contribution is 2.39. The van der Waals surface area contributed by atoms with Gasteiger partial charge < -0.3 is 34.4 Å². The number of benzene rings is 2. The Labute approximate surface area is 183 Å². The summed E-state index contributed by atoms with van der Waals surface area (Å²) in [6, 6.07) is 7.37. The van der Waals surface area contributed by atoms with E-state index in [9.17, 15) is 20.1 Å². The van der Waals surface area contributed by atoms with Gasteiger partial charge in [-0.05, 0) is 31.5 Å². The zero-order valence-corrected chi connectivity index (χ0v) is 17.6. The van der Waals surface area contributed by atoms with Gasteiger partial charge in [0.05, 0.1) is 13.4 Å². The number of methoxy groups -OCH3 is 1. The first-order chi connectivity index (χ1) is 15.4. The van der Waals surface area contributed by atoms with Crippen molar-refractivity contribution in [3.05, 3.63) is 58.8 Å². The van der Waals surface area contributed by atoms with E-state index in [4.69, 9.17) is 9.15 Å². The van der Waals surface area contributed by atoms with Crippen molar-refractivity contribution in [1.29, 1.82) is 0 Å². The molecule has 4 N–H and O–H groups in total. The van der Waals surface area contributed by atoms with Crippen LogP contribution in [0.25, 0.3) is 22.3 Å². The number of ether oxygens (including phenoxy) is 1. The second-order valence-corrected chi connectivity index (χ2v) is 7.37. The summed E-state index contributed by atoms with van der Waals surface area (Å²) in [6.45, 7) is 3.37. The number of aromatic nitrogens is 2. The Morgan fingerprint density at radius 1 is 1.19 bits per heavy atom. The van der Waals surface area contributed by atoms with Crippen LogP contribution >= 0.6 is 0 Å². The van der Waals surface area contributed by atoms with Crippen LogP contribution < -0.4 is 15.5 Å². The summed E-state index contributed by atoms with van der Waals surface area (Å²) >= 11 is 0. The molecule has 166 valence electrons. The van der Waals surface area contributed by atoms with Crippen LogP contribution in [-0.2, 0) is 6.54 Å². The van der Waals surface area contributed by atoms with E-state index in [1.54, 1.807) is 30.7 Å². The number of anilines is 1. The van der Waals surface area contributed by atoms with Crippen molar-refractivity contribution in [2.24, 2.45) is 0 Å². The Balaban J connectivity index is 1.71. The largest absolute Gasteiger partial charge is 0.508 e. The van der Waals surface area contributed by atoms with Gasteiger partial charge >= 0.3 is 0 Å². The highest BCUT2D eigenvalue weighted by Gasteiger charge is 2.21. The molecule has 0 amide bonds. The number of nitrogens with one attached hydrogen (secondary N) is 1. The molecule has 0 atom stereocenters. The number of nitrogens with zero attached hydrogens (tertiary/aromatic N) is 2. The quantitative estimate of drug-likeness (QED) is 0.323. The van der Waals surface area contributed by atoms with Crippen molar-refractivity contribution in [1.82, 2.24) is 9.55 Å². The van der Waals surface area contributed by atoms with Crippen LogP contribution in [0.15, 0.2) is 52.1 Å². The van der Waals surface area contributed by atoms with E-state index in [-0.39, 0.29) is 22.5 Å². The fourth-order valence-electron chi connectivity index (χ4n) is 3.54. The van der Waals surface area contributed by atoms with Crippen LogP contribution in [-0.4, -0.2) is 38.5 Å². The van der Waals surface area contributed by atoms with Crippen LogP contribution in [0.3, 0.4) is 0 Å². The van der Waals surface area contributed by atoms with E-state index < -0.39 is 16.9 Å². The van der Waals surface area contributed by atoms with Gasteiger partial charge in [0.25, 0.3) is 0 Å². The monoisotopic (exact) mass is 437 g/mol. The van der Waals surface area contributed by atoms with Gasteiger partial charge in [0.1, 0.15) is 28.2 Å². The summed E-state index contributed by atoms with van der Waals surface area (Å²) in [5.74, 6) is -0.994. The first-order valence-electron chi connectivity index (χ1n) is 9.99. The normalized spacial score (nSPS) is 11.1. The van der Waals surface area contributed by atoms with Gasteiger partial charge in [-0.15, -0.1) is 0 Å². The molecular weight excluding hydrogens is 414 g/mol. The molecule has 2 aromatic heterocycles. The minimum Gasteiger partial charge on any atom is -0.508 e. The number of aryl methyl sites for hydroxylation is 2. The van der Waals surface area contributed by atoms with Gasteiger partial charge in [-0.2, -0.15) is 0 Å². The Morgan fingerprint density at radius 3 is 2.72 bits per heavy atom. The summed E-state index contributed by atoms with van der Waals surface area (Å²) in [5, 5.41) is 33.5. The lowest BCUT2D eigenvalue weighted by Crippen LogP contribution is -2.08. The second kappa shape index (κ2) is 8.54. The second-order valence-electron chi connectivity index (χ2n) is 7.37. The molecule has 2 heterocycles. The van der Waals surface area contributed by atoms with Gasteiger partial charge in [0, 0.05) is 48.4 Å². The lowest BCUT2D eigenvalue weighted by Gasteiger charge is -2.15. The van der Waals surface area contributed by atoms with Gasteiger partial charge in [-0.3, -0.25) is 4.79 Å². The Kier molecular flexibility index (Phi) is 5.63. The van der Waals surface area contributed by atoms with Crippen LogP contribution in [0, 0.1) is 6.92 Å². The molecule has 32 heavy (non-hydrogen) atoms. The maximum absolute atomic E-state index is 12.7. The van der Waals surface area contributed by atoms with E-state index in [1.165, 1.54) is 13.2 Å². The number of phenolic OH excluding ortho intramolecular Hbond substituents is 2. The Bertz CT molecular complexity index is 1340. The maximum atomic E-state index is 12.7. The maximum Gasteiger partial charge on any atom is 0.238 e. The first-order valence-corrected chi connectivity index (χ1v) is 9.99. The molecule has 4 rings (SSSR count). The first kappa shape index (κ1) is 21.1. The van der Waals surface area contributed by atoms with E-state index in [1.807, 2.05) is 11.5 Å². The van der Waals surface area contributed by atoms with Crippen LogP contribution in [0.4, 0.5) is 5.69 Å². The van der Waals surface area contributed by atoms with E-state index >= 15 is 0 Å². The average molecular weight is 437 g/mol. The SMILES string of the molecule is COc1ccc(NCCCn2cncc2C)c(-c2oc3cc(O)cc(O)c3c(=O)c2O)c1. The highest BCUT2D eigenvalue weighted by molar-refractivity contribution is 5.90. The number of rotatable bonds is 7. The summed E-state index contributed by atoms with van der Waals surface area (Å²) < 4.78 is 13.1. The zero-order chi connectivity index (χ0) is 22.8. The van der Waals surface area contributed by atoms with Crippen molar-refractivity contribution in [3.63, 3.8) is 0 Å². The molecule has 0 spiro atoms. The Hall–Kier alpha value is -4.14. The molecule has 0 radical (unpaired) electrons. The molecular formula is C23H23N3O6. The Morgan fingerprint density at radius 2 is 2.00 bits per heavy atom. The van der Waals surface area contributed by atoms with Gasteiger partial charge in [-0.25, -0.2) is 4.98 Å². The molecule has 9 heteroatoms. The molecule has 0 aliphatic carbocycles. The lowest BCUT2D eigenvalue weighted by molar-refractivity contribution is 0.414. The third kappa shape index (κ3) is 3.92. The lowest BCUT2D eigenvalue weighted by atomic mass is 10.1. The zero-order valence-electron chi connectivity index (χ0n) is 17.6. The molecule has 0 aliphatic heterocycles. The number of phenols is 2. The predicted molar refractivity (Wildman–Crippen MR) is 120 cm³/mol. The summed E-state index contributed by atoms with van der Waals surface area (Å²) in [5.41, 5.74) is 1.25. The third-order valence-electron chi connectivity index (χ3n) is 5.22. The van der Waals surface area contributed by atoms with Crippen molar-refractivity contribution in [2.75, 3.05) is 19.0 Å². The molecule has 4 aromatic rings. The molecule has 0 bridgehead atoms. The topological polar surface area (TPSA) is 130 Å². The smallest absolute Gasteiger partial charge is 0.238 e. The highest BCUT2D eigenvalue weighted by atomic mass is 16.5. The van der Waals surface area contributed by atoms with E-state index in [2.05, 4.69) is 10.3 Å². The molecule has 9 nitrogen and oxygen atoms in total. The van der Waals surface area contributed by atoms with Crippen LogP contribution in [0.5, 0.6) is 23.0 Å². The number of hydrogen-bond acceptors (Lipinski definition) is 8. The summed E-state index contributed by atoms with van der Waals surface area (Å²) in [6.07, 6.45) is 4.38. The molecule has 0 unspecified atom stereocenters. The number of imidazole rings is 1. The van der Waals surface area contributed by atoms with Crippen LogP contribution in [0.2, 0.25) is 0 Å². The minimum absolute atomic E-state index is 0.0512. The minimum atomic E-state index is -0.803. The predicted octanol–water partition coefficient (Wildman–Crippen LogP) is 3.59. The molecule has 0 saturated heterocycles. The van der Waals surface area contributed by atoms with Crippen molar-refractivity contribution < 1.29 is 24.5 Å². The van der Waals surface area contributed by atoms with Gasteiger partial charge in [-0.1, -0.05) is 0 Å². The van der Waals surface area contributed by atoms with E-state index in [0.717, 1.165) is 24.7 Å². The summed E-state index contributed by atoms with van der Waals surface area (Å²) in [4.78, 5) is 16.8. The fourth-order valence-corrected chi connectivity index (χ4v) is 3.54. The number of fused-ring (bicyclic) bond motifs is 1. The van der Waals surface area contributed by atoms with Crippen molar-refractivity contribution in [2.45, 2.75) is 19.9 Å². The molecule has 2 aromatic carbocycles. The number of hydrogen-bond donors (Lipinski definition) is 4. The van der Waals surface area contributed by atoms with Gasteiger partial charge in [0.15, 0.2) is 5.76 Å². The molecule has 0 saturated carbocycles. The molecule has 0 aliphatic rings. The van der Waals surface area contributed by atoms with Crippen LogP contribution in [0.1, 0.15) is 12.1 Å². The standard InChI is InChI=1S/C23H23N3O6/c1-13-11-24-12-26(13)7-3-6-25-17-5-4-15(31-2)10-16(17)23-22(30)21(29)20-18(28)8-14(27)9-19(20)32-23/h4-5,8-12,25,27-28,30H,3,6-7H2,1-2H3. The van der Waals surface area contributed by atoms with Crippen molar-refractivity contribution >= 4 is 16.7 Å². The fraction of sp³-hybridized carbons (Fsp3) is 0.217. The summed E-state index contributed by atoms with van der Waals surface area (Å²) in [7, 11) is 1.51. The third-order valence-corrected chi connectivity index (χ3v) is 5.22. The number of aromatic hydroxyl groups is 3. The average Bonchev–Trinajstić information content (AvgIpc) is 3.18. The van der Waals surface area contributed by atoms with Crippen molar-refractivity contribution in [3.8, 4) is 34.3 Å². The van der Waals surface area contributed by atoms with Gasteiger partial charge in [0.2, 0.25) is 11.2 Å². The van der Waals surface area contributed by atoms with E-state index in [0.29, 0.717) is 23.5 Å².